The molecule has 1 rings (SSSR count). The lowest BCUT2D eigenvalue weighted by atomic mass is 9.84. The Morgan fingerprint density at radius 2 is 1.86 bits per heavy atom. The maximum atomic E-state index is 8.92. The Labute approximate surface area is 88.1 Å². The van der Waals surface area contributed by atoms with Crippen molar-refractivity contribution < 1.29 is 5.11 Å². The molecule has 2 atom stereocenters. The van der Waals surface area contributed by atoms with Crippen LogP contribution in [0.15, 0.2) is 0 Å². The van der Waals surface area contributed by atoms with E-state index in [2.05, 4.69) is 19.2 Å². The summed E-state index contributed by atoms with van der Waals surface area (Å²) in [6.45, 7) is 5.62. The Morgan fingerprint density at radius 3 is 2.43 bits per heavy atom. The molecule has 0 saturated heterocycles. The predicted molar refractivity (Wildman–Crippen MR) is 60.3 cm³/mol. The molecule has 1 fully saturated rings. The van der Waals surface area contributed by atoms with Crippen molar-refractivity contribution in [2.24, 2.45) is 11.8 Å². The zero-order valence-electron chi connectivity index (χ0n) is 9.63. The summed E-state index contributed by atoms with van der Waals surface area (Å²) in [6.07, 6.45) is 7.03. The van der Waals surface area contributed by atoms with Crippen LogP contribution in [-0.2, 0) is 0 Å². The first-order valence-electron chi connectivity index (χ1n) is 6.08. The van der Waals surface area contributed by atoms with Crippen molar-refractivity contribution >= 4 is 0 Å². The van der Waals surface area contributed by atoms with Gasteiger partial charge in [0.1, 0.15) is 0 Å². The molecule has 84 valence electrons. The highest BCUT2D eigenvalue weighted by molar-refractivity contribution is 4.76. The van der Waals surface area contributed by atoms with Crippen LogP contribution in [0.2, 0.25) is 0 Å². The van der Waals surface area contributed by atoms with Crippen LogP contribution in [0.5, 0.6) is 0 Å². The first kappa shape index (κ1) is 12.0. The van der Waals surface area contributed by atoms with Crippen molar-refractivity contribution in [3.8, 4) is 0 Å². The van der Waals surface area contributed by atoms with Gasteiger partial charge in [-0.2, -0.15) is 0 Å². The van der Waals surface area contributed by atoms with Crippen molar-refractivity contribution in [3.05, 3.63) is 0 Å². The summed E-state index contributed by atoms with van der Waals surface area (Å²) >= 11 is 0. The highest BCUT2D eigenvalue weighted by atomic mass is 16.3. The topological polar surface area (TPSA) is 32.3 Å². The standard InChI is InChI=1S/C12H25NO/c1-10(9-14)8-13-11(2)12-6-4-3-5-7-12/h10-14H,3-9H2,1-2H3. The second kappa shape index (κ2) is 6.41. The monoisotopic (exact) mass is 199 g/mol. The third kappa shape index (κ3) is 3.97. The minimum atomic E-state index is 0.296. The van der Waals surface area contributed by atoms with Gasteiger partial charge < -0.3 is 10.4 Å². The number of hydrogen-bond acceptors (Lipinski definition) is 2. The summed E-state index contributed by atoms with van der Waals surface area (Å²) in [7, 11) is 0. The molecule has 0 amide bonds. The van der Waals surface area contributed by atoms with Crippen LogP contribution in [0.25, 0.3) is 0 Å². The van der Waals surface area contributed by atoms with E-state index in [1.165, 1.54) is 32.1 Å². The van der Waals surface area contributed by atoms with Crippen LogP contribution in [0.1, 0.15) is 46.0 Å². The minimum Gasteiger partial charge on any atom is -0.396 e. The van der Waals surface area contributed by atoms with Gasteiger partial charge in [0.25, 0.3) is 0 Å². The first-order valence-corrected chi connectivity index (χ1v) is 6.08. The Hall–Kier alpha value is -0.0800. The molecule has 1 aliphatic carbocycles. The molecule has 0 aromatic carbocycles. The molecule has 2 nitrogen and oxygen atoms in total. The first-order chi connectivity index (χ1) is 6.74. The molecule has 0 aromatic heterocycles. The zero-order valence-corrected chi connectivity index (χ0v) is 9.63. The second-order valence-electron chi connectivity index (χ2n) is 4.88. The summed E-state index contributed by atoms with van der Waals surface area (Å²) < 4.78 is 0. The van der Waals surface area contributed by atoms with Gasteiger partial charge >= 0.3 is 0 Å². The third-order valence-corrected chi connectivity index (χ3v) is 3.46. The fourth-order valence-electron chi connectivity index (χ4n) is 2.25. The normalized spacial score (nSPS) is 23.4. The number of nitrogens with one attached hydrogen (secondary N) is 1. The molecule has 0 spiro atoms. The molecular weight excluding hydrogens is 174 g/mol. The van der Waals surface area contributed by atoms with Gasteiger partial charge in [0.2, 0.25) is 0 Å². The average Bonchev–Trinajstić information content (AvgIpc) is 2.26. The van der Waals surface area contributed by atoms with Crippen LogP contribution in [0.3, 0.4) is 0 Å². The average molecular weight is 199 g/mol. The molecular formula is C12H25NO. The van der Waals surface area contributed by atoms with E-state index < -0.39 is 0 Å². The fraction of sp³-hybridized carbons (Fsp3) is 1.00. The van der Waals surface area contributed by atoms with Gasteiger partial charge in [0.05, 0.1) is 0 Å². The van der Waals surface area contributed by atoms with Crippen molar-refractivity contribution in [3.63, 3.8) is 0 Å². The van der Waals surface area contributed by atoms with Crippen LogP contribution >= 0.6 is 0 Å². The van der Waals surface area contributed by atoms with E-state index in [9.17, 15) is 0 Å². The van der Waals surface area contributed by atoms with Gasteiger partial charge in [-0.3, -0.25) is 0 Å². The second-order valence-corrected chi connectivity index (χ2v) is 4.88. The largest absolute Gasteiger partial charge is 0.396 e. The summed E-state index contributed by atoms with van der Waals surface area (Å²) in [5.41, 5.74) is 0. The minimum absolute atomic E-state index is 0.296. The zero-order chi connectivity index (χ0) is 10.4. The summed E-state index contributed by atoms with van der Waals surface area (Å²) in [5.74, 6) is 1.26. The van der Waals surface area contributed by atoms with Crippen LogP contribution < -0.4 is 5.32 Å². The Bertz CT molecular complexity index is 143. The summed E-state index contributed by atoms with van der Waals surface area (Å²) in [6, 6.07) is 0.629. The van der Waals surface area contributed by atoms with Crippen LogP contribution in [0.4, 0.5) is 0 Å². The lowest BCUT2D eigenvalue weighted by Gasteiger charge is -2.29. The van der Waals surface area contributed by atoms with Gasteiger partial charge in [-0.05, 0) is 31.6 Å². The van der Waals surface area contributed by atoms with E-state index in [0.29, 0.717) is 18.6 Å². The van der Waals surface area contributed by atoms with Gasteiger partial charge in [-0.25, -0.2) is 0 Å². The molecule has 0 radical (unpaired) electrons. The molecule has 2 N–H and O–H groups in total. The highest BCUT2D eigenvalue weighted by Gasteiger charge is 2.19. The SMILES string of the molecule is CC(CO)CNC(C)C1CCCCC1. The van der Waals surface area contributed by atoms with Crippen molar-refractivity contribution in [1.29, 1.82) is 0 Å². The van der Waals surface area contributed by atoms with Crippen LogP contribution in [0, 0.1) is 11.8 Å². The van der Waals surface area contributed by atoms with E-state index >= 15 is 0 Å². The van der Waals surface area contributed by atoms with E-state index in [-0.39, 0.29) is 0 Å². The van der Waals surface area contributed by atoms with Crippen molar-refractivity contribution in [1.82, 2.24) is 5.32 Å². The lowest BCUT2D eigenvalue weighted by Crippen LogP contribution is -2.37. The Kier molecular flexibility index (Phi) is 5.49. The lowest BCUT2D eigenvalue weighted by molar-refractivity contribution is 0.217. The van der Waals surface area contributed by atoms with Gasteiger partial charge in [0, 0.05) is 19.2 Å². The maximum absolute atomic E-state index is 8.92. The van der Waals surface area contributed by atoms with Crippen molar-refractivity contribution in [2.75, 3.05) is 13.2 Å². The molecule has 0 aromatic rings. The van der Waals surface area contributed by atoms with Crippen molar-refractivity contribution in [2.45, 2.75) is 52.0 Å². The van der Waals surface area contributed by atoms with E-state index in [4.69, 9.17) is 5.11 Å². The molecule has 0 bridgehead atoms. The quantitative estimate of drug-likeness (QED) is 0.711. The van der Waals surface area contributed by atoms with Crippen LogP contribution in [-0.4, -0.2) is 24.3 Å². The van der Waals surface area contributed by atoms with E-state index in [0.717, 1.165) is 12.5 Å². The Balaban J connectivity index is 2.16. The maximum Gasteiger partial charge on any atom is 0.0468 e. The fourth-order valence-corrected chi connectivity index (χ4v) is 2.25. The number of hydrogen-bond donors (Lipinski definition) is 2. The van der Waals surface area contributed by atoms with E-state index in [1.807, 2.05) is 0 Å². The highest BCUT2D eigenvalue weighted by Crippen LogP contribution is 2.26. The van der Waals surface area contributed by atoms with Gasteiger partial charge in [-0.1, -0.05) is 26.2 Å². The smallest absolute Gasteiger partial charge is 0.0468 e. The molecule has 14 heavy (non-hydrogen) atoms. The molecule has 1 aliphatic rings. The number of aliphatic hydroxyl groups excluding tert-OH is 1. The van der Waals surface area contributed by atoms with Gasteiger partial charge in [-0.15, -0.1) is 0 Å². The van der Waals surface area contributed by atoms with E-state index in [1.54, 1.807) is 0 Å². The summed E-state index contributed by atoms with van der Waals surface area (Å²) in [5, 5.41) is 12.5. The number of rotatable bonds is 5. The van der Waals surface area contributed by atoms with Gasteiger partial charge in [0.15, 0.2) is 0 Å². The molecule has 0 heterocycles. The Morgan fingerprint density at radius 1 is 1.21 bits per heavy atom. The molecule has 1 saturated carbocycles. The number of aliphatic hydroxyl groups is 1. The molecule has 0 aliphatic heterocycles. The predicted octanol–water partition coefficient (Wildman–Crippen LogP) is 2.17. The summed E-state index contributed by atoms with van der Waals surface area (Å²) in [4.78, 5) is 0. The molecule has 2 heteroatoms. The third-order valence-electron chi connectivity index (χ3n) is 3.46. The molecule has 2 unspecified atom stereocenters.